The number of nitrogens with zero attached hydrogens (tertiary/aromatic N) is 3. The minimum atomic E-state index is 0.217. The maximum Gasteiger partial charge on any atom is 0.223 e. The number of hydrogen-bond donors (Lipinski definition) is 1. The van der Waals surface area contributed by atoms with Crippen LogP contribution in [0.3, 0.4) is 0 Å². The van der Waals surface area contributed by atoms with Crippen LogP contribution in [0.15, 0.2) is 42.5 Å². The van der Waals surface area contributed by atoms with Crippen molar-refractivity contribution >= 4 is 33.3 Å². The quantitative estimate of drug-likeness (QED) is 0.617. The van der Waals surface area contributed by atoms with Gasteiger partial charge in [-0.05, 0) is 72.5 Å². The Balaban J connectivity index is 1.05. The lowest BCUT2D eigenvalue weighted by molar-refractivity contribution is -0.123. The number of anilines is 1. The number of aromatic nitrogens is 1. The van der Waals surface area contributed by atoms with E-state index < -0.39 is 0 Å². The Labute approximate surface area is 193 Å². The molecular formula is C26H30N4OS. The second kappa shape index (κ2) is 8.49. The number of amides is 1. The average Bonchev–Trinajstić information content (AvgIpc) is 3.49. The summed E-state index contributed by atoms with van der Waals surface area (Å²) < 4.78 is 6.00. The summed E-state index contributed by atoms with van der Waals surface area (Å²) in [5.74, 6) is 1.70. The number of nitrogens with one attached hydrogen (secondary N) is 1. The number of carbonyl (C=O) groups is 1. The zero-order chi connectivity index (χ0) is 21.5. The van der Waals surface area contributed by atoms with Crippen LogP contribution in [0, 0.1) is 5.92 Å². The molecule has 2 heterocycles. The fraction of sp³-hybridized carbons (Fsp3) is 0.462. The maximum absolute atomic E-state index is 12.2. The van der Waals surface area contributed by atoms with Crippen LogP contribution in [-0.2, 0) is 17.6 Å². The van der Waals surface area contributed by atoms with E-state index in [9.17, 15) is 4.79 Å². The van der Waals surface area contributed by atoms with Gasteiger partial charge in [0.25, 0.3) is 0 Å². The van der Waals surface area contributed by atoms with Crippen LogP contribution >= 0.6 is 11.5 Å². The predicted molar refractivity (Wildman–Crippen MR) is 130 cm³/mol. The minimum Gasteiger partial charge on any atom is -0.353 e. The number of fused-ring (bicyclic) bond motifs is 2. The van der Waals surface area contributed by atoms with Gasteiger partial charge in [-0.1, -0.05) is 30.3 Å². The van der Waals surface area contributed by atoms with E-state index >= 15 is 0 Å². The minimum absolute atomic E-state index is 0.217. The van der Waals surface area contributed by atoms with Gasteiger partial charge in [-0.15, -0.1) is 0 Å². The Morgan fingerprint density at radius 1 is 1.06 bits per heavy atom. The molecule has 0 bridgehead atoms. The van der Waals surface area contributed by atoms with E-state index in [1.807, 2.05) is 0 Å². The van der Waals surface area contributed by atoms with Crippen LogP contribution in [0.25, 0.3) is 10.1 Å². The van der Waals surface area contributed by atoms with Gasteiger partial charge in [-0.25, -0.2) is 0 Å². The fourth-order valence-corrected chi connectivity index (χ4v) is 5.96. The van der Waals surface area contributed by atoms with E-state index in [1.54, 1.807) is 11.5 Å². The molecule has 1 saturated carbocycles. The first-order valence-corrected chi connectivity index (χ1v) is 12.8. The summed E-state index contributed by atoms with van der Waals surface area (Å²) in [4.78, 5) is 17.3. The average molecular weight is 447 g/mol. The Bertz CT molecular complexity index is 1130. The largest absolute Gasteiger partial charge is 0.353 e. The van der Waals surface area contributed by atoms with Gasteiger partial charge in [0.15, 0.2) is 0 Å². The molecule has 2 aromatic carbocycles. The van der Waals surface area contributed by atoms with Crippen molar-refractivity contribution < 1.29 is 4.79 Å². The van der Waals surface area contributed by atoms with E-state index in [2.05, 4.69) is 57.6 Å². The van der Waals surface area contributed by atoms with Crippen molar-refractivity contribution in [3.8, 4) is 0 Å². The molecule has 5 nitrogen and oxygen atoms in total. The Morgan fingerprint density at radius 3 is 2.75 bits per heavy atom. The first-order chi connectivity index (χ1) is 15.7. The van der Waals surface area contributed by atoms with Gasteiger partial charge in [-0.3, -0.25) is 9.69 Å². The standard InChI is InChI=1S/C26H30N4OS/c31-26(20-7-8-20)27-23-10-9-19-6-5-18(17-22(19)23)11-12-29-13-15-30(16-14-29)25-21-3-1-2-4-24(21)32-28-25/h1-6,17,20,23H,7-16H2,(H,27,31). The summed E-state index contributed by atoms with van der Waals surface area (Å²) in [7, 11) is 0. The Kier molecular flexibility index (Phi) is 5.35. The van der Waals surface area contributed by atoms with E-state index in [0.29, 0.717) is 0 Å². The first-order valence-electron chi connectivity index (χ1n) is 12.0. The molecule has 2 fully saturated rings. The Hall–Kier alpha value is -2.44. The third kappa shape index (κ3) is 4.02. The lowest BCUT2D eigenvalue weighted by Gasteiger charge is -2.35. The smallest absolute Gasteiger partial charge is 0.223 e. The highest BCUT2D eigenvalue weighted by Crippen LogP contribution is 2.35. The molecule has 2 aliphatic carbocycles. The fourth-order valence-electron chi connectivity index (χ4n) is 5.16. The van der Waals surface area contributed by atoms with Gasteiger partial charge in [0.05, 0.1) is 10.7 Å². The van der Waals surface area contributed by atoms with Gasteiger partial charge in [-0.2, -0.15) is 4.37 Å². The molecule has 0 radical (unpaired) electrons. The van der Waals surface area contributed by atoms with Crippen molar-refractivity contribution in [2.75, 3.05) is 37.6 Å². The normalized spacial score (nSPS) is 21.1. The summed E-state index contributed by atoms with van der Waals surface area (Å²) >= 11 is 1.60. The maximum atomic E-state index is 12.2. The van der Waals surface area contributed by atoms with Gasteiger partial charge in [0.2, 0.25) is 5.91 Å². The van der Waals surface area contributed by atoms with Crippen molar-refractivity contribution in [3.63, 3.8) is 0 Å². The number of rotatable bonds is 6. The van der Waals surface area contributed by atoms with Crippen LogP contribution in [-0.4, -0.2) is 47.9 Å². The van der Waals surface area contributed by atoms with Crippen LogP contribution in [0.4, 0.5) is 5.82 Å². The number of aryl methyl sites for hydroxylation is 1. The SMILES string of the molecule is O=C(NC1CCc2ccc(CCN3CCN(c4nsc5ccccc45)CC3)cc21)C1CC1. The first kappa shape index (κ1) is 20.2. The molecule has 1 atom stereocenters. The molecule has 3 aliphatic rings. The van der Waals surface area contributed by atoms with E-state index in [0.717, 1.165) is 70.6 Å². The molecule has 1 saturated heterocycles. The van der Waals surface area contributed by atoms with E-state index in [-0.39, 0.29) is 17.9 Å². The Morgan fingerprint density at radius 2 is 1.91 bits per heavy atom. The molecule has 6 rings (SSSR count). The number of hydrogen-bond acceptors (Lipinski definition) is 5. The lowest BCUT2D eigenvalue weighted by Crippen LogP contribution is -2.47. The third-order valence-electron chi connectivity index (χ3n) is 7.30. The molecular weight excluding hydrogens is 416 g/mol. The highest BCUT2D eigenvalue weighted by molar-refractivity contribution is 7.13. The van der Waals surface area contributed by atoms with Crippen LogP contribution in [0.5, 0.6) is 0 Å². The van der Waals surface area contributed by atoms with Crippen molar-refractivity contribution in [3.05, 3.63) is 59.2 Å². The van der Waals surface area contributed by atoms with Gasteiger partial charge in [0, 0.05) is 44.0 Å². The molecule has 1 amide bonds. The molecule has 166 valence electrons. The van der Waals surface area contributed by atoms with Crippen molar-refractivity contribution in [2.45, 2.75) is 38.1 Å². The lowest BCUT2D eigenvalue weighted by atomic mass is 10.0. The summed E-state index contributed by atoms with van der Waals surface area (Å²) in [6.07, 6.45) is 5.33. The molecule has 3 aromatic rings. The number of carbonyl (C=O) groups excluding carboxylic acids is 1. The summed E-state index contributed by atoms with van der Waals surface area (Å²) in [6, 6.07) is 15.7. The van der Waals surface area contributed by atoms with E-state index in [1.165, 1.54) is 26.8 Å². The van der Waals surface area contributed by atoms with Crippen molar-refractivity contribution in [1.29, 1.82) is 0 Å². The summed E-state index contributed by atoms with van der Waals surface area (Å²) in [5, 5.41) is 4.59. The predicted octanol–water partition coefficient (Wildman–Crippen LogP) is 4.17. The molecule has 1 unspecified atom stereocenters. The zero-order valence-electron chi connectivity index (χ0n) is 18.4. The topological polar surface area (TPSA) is 48.5 Å². The molecule has 1 aliphatic heterocycles. The van der Waals surface area contributed by atoms with Crippen LogP contribution in [0.2, 0.25) is 0 Å². The molecule has 6 heteroatoms. The highest BCUT2D eigenvalue weighted by atomic mass is 32.1. The summed E-state index contributed by atoms with van der Waals surface area (Å²) in [5.41, 5.74) is 4.17. The molecule has 0 spiro atoms. The second-order valence-electron chi connectivity index (χ2n) is 9.49. The van der Waals surface area contributed by atoms with Crippen molar-refractivity contribution in [1.82, 2.24) is 14.6 Å². The number of piperazine rings is 1. The molecule has 1 aromatic heterocycles. The van der Waals surface area contributed by atoms with Gasteiger partial charge >= 0.3 is 0 Å². The van der Waals surface area contributed by atoms with Crippen LogP contribution in [0.1, 0.15) is 42.0 Å². The zero-order valence-corrected chi connectivity index (χ0v) is 19.2. The number of benzene rings is 2. The second-order valence-corrected chi connectivity index (χ2v) is 10.3. The van der Waals surface area contributed by atoms with Gasteiger partial charge < -0.3 is 10.2 Å². The van der Waals surface area contributed by atoms with Gasteiger partial charge in [0.1, 0.15) is 5.82 Å². The molecule has 32 heavy (non-hydrogen) atoms. The van der Waals surface area contributed by atoms with Crippen LogP contribution < -0.4 is 10.2 Å². The monoisotopic (exact) mass is 446 g/mol. The highest BCUT2D eigenvalue weighted by Gasteiger charge is 2.33. The molecule has 1 N–H and O–H groups in total. The summed E-state index contributed by atoms with van der Waals surface area (Å²) in [6.45, 7) is 5.32. The van der Waals surface area contributed by atoms with E-state index in [4.69, 9.17) is 4.37 Å². The third-order valence-corrected chi connectivity index (χ3v) is 8.12. The van der Waals surface area contributed by atoms with Crippen molar-refractivity contribution in [2.24, 2.45) is 5.92 Å².